The molecule has 0 atom stereocenters. The number of rotatable bonds is 6. The van der Waals surface area contributed by atoms with E-state index in [-0.39, 0.29) is 46.8 Å². The molecule has 2 aromatic rings. The Bertz CT molecular complexity index is 1220. The molecule has 2 aliphatic heterocycles. The van der Waals surface area contributed by atoms with Crippen molar-refractivity contribution in [3.8, 4) is 0 Å². The lowest BCUT2D eigenvalue weighted by Gasteiger charge is -2.13. The summed E-state index contributed by atoms with van der Waals surface area (Å²) in [4.78, 5) is 75.7. The normalized spacial score (nSPS) is 15.3. The first kappa shape index (κ1) is 24.1. The van der Waals surface area contributed by atoms with Gasteiger partial charge in [0.05, 0.1) is 46.8 Å². The fourth-order valence-corrected chi connectivity index (χ4v) is 3.69. The highest BCUT2D eigenvalue weighted by molar-refractivity contribution is 6.35. The molecular weight excluding hydrogens is 468 g/mol. The number of hydrogen-bond donors (Lipinski definition) is 2. The minimum absolute atomic E-state index is 0.175. The van der Waals surface area contributed by atoms with Crippen LogP contribution in [0.25, 0.3) is 0 Å². The number of nitrogens with zero attached hydrogens (tertiary/aromatic N) is 4. The SMILES string of the molecule is C/C(CN1C(=O)c2ccccc2C1=O)=N\NC(=O)C(=O)N/N=C(\C)CN1C(=O)c2ccccc2C1=O. The smallest absolute Gasteiger partial charge is 0.269 e. The number of imide groups is 2. The number of hydrazone groups is 2. The van der Waals surface area contributed by atoms with E-state index in [0.717, 1.165) is 9.80 Å². The molecule has 0 saturated carbocycles. The van der Waals surface area contributed by atoms with E-state index in [1.54, 1.807) is 48.5 Å². The third-order valence-corrected chi connectivity index (χ3v) is 5.43. The number of nitrogens with one attached hydrogen (secondary N) is 2. The van der Waals surface area contributed by atoms with E-state index in [9.17, 15) is 28.8 Å². The van der Waals surface area contributed by atoms with E-state index in [1.807, 2.05) is 10.9 Å². The van der Waals surface area contributed by atoms with Gasteiger partial charge in [-0.3, -0.25) is 38.6 Å². The molecule has 0 fully saturated rings. The number of benzene rings is 2. The van der Waals surface area contributed by atoms with Crippen LogP contribution in [0.2, 0.25) is 0 Å². The van der Waals surface area contributed by atoms with E-state index in [2.05, 4.69) is 10.2 Å². The zero-order chi connectivity index (χ0) is 26.0. The molecule has 2 heterocycles. The van der Waals surface area contributed by atoms with Crippen molar-refractivity contribution in [2.75, 3.05) is 13.1 Å². The maximum atomic E-state index is 12.4. The number of fused-ring (bicyclic) bond motifs is 2. The van der Waals surface area contributed by atoms with Gasteiger partial charge in [0.25, 0.3) is 23.6 Å². The second-order valence-electron chi connectivity index (χ2n) is 8.06. The first-order chi connectivity index (χ1) is 17.2. The van der Waals surface area contributed by atoms with Crippen molar-refractivity contribution in [3.05, 3.63) is 70.8 Å². The summed E-state index contributed by atoms with van der Waals surface area (Å²) in [5, 5.41) is 7.52. The van der Waals surface area contributed by atoms with Crippen LogP contribution in [-0.4, -0.2) is 69.8 Å². The Morgan fingerprint density at radius 3 is 1.17 bits per heavy atom. The second-order valence-corrected chi connectivity index (χ2v) is 8.06. The molecule has 2 aliphatic rings. The van der Waals surface area contributed by atoms with Crippen LogP contribution in [0.15, 0.2) is 58.7 Å². The summed E-state index contributed by atoms with van der Waals surface area (Å²) in [7, 11) is 0. The maximum Gasteiger partial charge on any atom is 0.331 e. The lowest BCUT2D eigenvalue weighted by Crippen LogP contribution is -2.39. The Kier molecular flexibility index (Phi) is 6.50. The number of carbonyl (C=O) groups excluding carboxylic acids is 6. The van der Waals surface area contributed by atoms with Gasteiger partial charge in [-0.05, 0) is 38.1 Å². The van der Waals surface area contributed by atoms with Crippen molar-refractivity contribution < 1.29 is 28.8 Å². The summed E-state index contributed by atoms with van der Waals surface area (Å²) >= 11 is 0. The molecule has 2 N–H and O–H groups in total. The van der Waals surface area contributed by atoms with Gasteiger partial charge in [0.2, 0.25) is 0 Å². The monoisotopic (exact) mass is 488 g/mol. The van der Waals surface area contributed by atoms with E-state index in [4.69, 9.17) is 0 Å². The third kappa shape index (κ3) is 4.51. The van der Waals surface area contributed by atoms with E-state index < -0.39 is 35.4 Å². The van der Waals surface area contributed by atoms with Gasteiger partial charge in [0, 0.05) is 0 Å². The third-order valence-electron chi connectivity index (χ3n) is 5.43. The van der Waals surface area contributed by atoms with Gasteiger partial charge in [0.15, 0.2) is 0 Å². The van der Waals surface area contributed by atoms with Crippen LogP contribution in [0, 0.1) is 0 Å². The van der Waals surface area contributed by atoms with Gasteiger partial charge < -0.3 is 0 Å². The molecule has 36 heavy (non-hydrogen) atoms. The Morgan fingerprint density at radius 1 is 0.611 bits per heavy atom. The number of carbonyl (C=O) groups is 6. The lowest BCUT2D eigenvalue weighted by molar-refractivity contribution is -0.139. The van der Waals surface area contributed by atoms with E-state index >= 15 is 0 Å². The molecule has 12 nitrogen and oxygen atoms in total. The predicted molar refractivity (Wildman–Crippen MR) is 126 cm³/mol. The topological polar surface area (TPSA) is 158 Å². The molecule has 0 aliphatic carbocycles. The molecule has 0 radical (unpaired) electrons. The fraction of sp³-hybridized carbons (Fsp3) is 0.167. The Hall–Kier alpha value is -5.00. The van der Waals surface area contributed by atoms with Gasteiger partial charge in [-0.1, -0.05) is 24.3 Å². The van der Waals surface area contributed by atoms with Crippen LogP contribution in [0.4, 0.5) is 0 Å². The Balaban J connectivity index is 1.29. The van der Waals surface area contributed by atoms with Gasteiger partial charge in [-0.2, -0.15) is 10.2 Å². The summed E-state index contributed by atoms with van der Waals surface area (Å²) in [5.74, 6) is -4.19. The highest BCUT2D eigenvalue weighted by Crippen LogP contribution is 2.23. The molecule has 0 unspecified atom stereocenters. The summed E-state index contributed by atoms with van der Waals surface area (Å²) in [6.07, 6.45) is 0. The zero-order valence-corrected chi connectivity index (χ0v) is 19.3. The van der Waals surface area contributed by atoms with E-state index in [1.165, 1.54) is 13.8 Å². The minimum Gasteiger partial charge on any atom is -0.269 e. The Morgan fingerprint density at radius 2 is 0.889 bits per heavy atom. The van der Waals surface area contributed by atoms with Crippen molar-refractivity contribution >= 4 is 46.9 Å². The van der Waals surface area contributed by atoms with Crippen LogP contribution in [0.1, 0.15) is 55.3 Å². The quantitative estimate of drug-likeness (QED) is 0.262. The molecule has 4 rings (SSSR count). The van der Waals surface area contributed by atoms with Crippen molar-refractivity contribution in [1.82, 2.24) is 20.7 Å². The lowest BCUT2D eigenvalue weighted by atomic mass is 10.1. The standard InChI is InChI=1S/C24H20N6O6/c1-13(11-29-21(33)15-7-3-4-8-16(15)22(29)34)25-27-19(31)20(32)28-26-14(2)12-30-23(35)17-9-5-6-10-18(17)24(30)36/h3-10H,11-12H2,1-2H3,(H,27,31)(H,28,32)/b25-13+,26-14+. The van der Waals surface area contributed by atoms with Gasteiger partial charge in [-0.15, -0.1) is 0 Å². The van der Waals surface area contributed by atoms with Crippen molar-refractivity contribution in [2.45, 2.75) is 13.8 Å². The molecule has 6 amide bonds. The summed E-state index contributed by atoms with van der Waals surface area (Å²) < 4.78 is 0. The van der Waals surface area contributed by atoms with Gasteiger partial charge in [0.1, 0.15) is 0 Å². The number of amides is 6. The molecule has 0 aromatic heterocycles. The molecule has 0 spiro atoms. The molecular formula is C24H20N6O6. The molecule has 182 valence electrons. The van der Waals surface area contributed by atoms with Gasteiger partial charge >= 0.3 is 11.8 Å². The average molecular weight is 488 g/mol. The highest BCUT2D eigenvalue weighted by atomic mass is 16.2. The first-order valence-corrected chi connectivity index (χ1v) is 10.8. The average Bonchev–Trinajstić information content (AvgIpc) is 3.26. The summed E-state index contributed by atoms with van der Waals surface area (Å²) in [5.41, 5.74) is 5.61. The van der Waals surface area contributed by atoms with Crippen molar-refractivity contribution in [3.63, 3.8) is 0 Å². The molecule has 12 heteroatoms. The first-order valence-electron chi connectivity index (χ1n) is 10.8. The van der Waals surface area contributed by atoms with Crippen LogP contribution in [-0.2, 0) is 9.59 Å². The Labute approximate surface area is 204 Å². The second kappa shape index (κ2) is 9.70. The largest absolute Gasteiger partial charge is 0.331 e. The van der Waals surface area contributed by atoms with Crippen LogP contribution >= 0.6 is 0 Å². The zero-order valence-electron chi connectivity index (χ0n) is 19.3. The van der Waals surface area contributed by atoms with Crippen molar-refractivity contribution in [2.24, 2.45) is 10.2 Å². The molecule has 0 saturated heterocycles. The van der Waals surface area contributed by atoms with Gasteiger partial charge in [-0.25, -0.2) is 10.9 Å². The molecule has 0 bridgehead atoms. The number of hydrogen-bond acceptors (Lipinski definition) is 8. The van der Waals surface area contributed by atoms with Crippen LogP contribution in [0.5, 0.6) is 0 Å². The highest BCUT2D eigenvalue weighted by Gasteiger charge is 2.36. The molecule has 2 aromatic carbocycles. The summed E-state index contributed by atoms with van der Waals surface area (Å²) in [6, 6.07) is 12.8. The van der Waals surface area contributed by atoms with Crippen LogP contribution in [0.3, 0.4) is 0 Å². The van der Waals surface area contributed by atoms with Crippen LogP contribution < -0.4 is 10.9 Å². The summed E-state index contributed by atoms with van der Waals surface area (Å²) in [6.45, 7) is 2.61. The predicted octanol–water partition coefficient (Wildman–Crippen LogP) is 0.563. The fourth-order valence-electron chi connectivity index (χ4n) is 3.69. The minimum atomic E-state index is -1.14. The van der Waals surface area contributed by atoms with Crippen molar-refractivity contribution in [1.29, 1.82) is 0 Å². The maximum absolute atomic E-state index is 12.4. The van der Waals surface area contributed by atoms with E-state index in [0.29, 0.717) is 0 Å².